The molecule has 2 heterocycles. The predicted octanol–water partition coefficient (Wildman–Crippen LogP) is 1.90. The van der Waals surface area contributed by atoms with Crippen LogP contribution in [0.2, 0.25) is 6.55 Å². The monoisotopic (exact) mass is 557 g/mol. The van der Waals surface area contributed by atoms with E-state index in [9.17, 15) is 14.7 Å². The zero-order valence-electron chi connectivity index (χ0n) is 22.9. The maximum Gasteiger partial charge on any atom is 0.283 e. The van der Waals surface area contributed by atoms with Crippen LogP contribution in [0.25, 0.3) is 11.1 Å². The number of imidazole rings is 1. The Bertz CT molecular complexity index is 1320. The minimum atomic E-state index is -1.74. The van der Waals surface area contributed by atoms with Gasteiger partial charge in [0.05, 0.1) is 19.8 Å². The molecule has 2 aliphatic rings. The number of ether oxygens (including phenoxy) is 1. The Morgan fingerprint density at radius 2 is 1.80 bits per heavy atom. The van der Waals surface area contributed by atoms with E-state index in [1.165, 1.54) is 5.56 Å². The molecular formula is C31H37N4O4Si. The molecule has 1 saturated heterocycles. The summed E-state index contributed by atoms with van der Waals surface area (Å²) in [5, 5.41) is 12.9. The molecule has 0 spiro atoms. The Morgan fingerprint density at radius 1 is 1.12 bits per heavy atom. The van der Waals surface area contributed by atoms with Crippen molar-refractivity contribution in [2.24, 2.45) is 5.92 Å². The molecule has 0 unspecified atom stereocenters. The number of nitrogens with zero attached hydrogens (tertiary/aromatic N) is 3. The Hall–Kier alpha value is -3.26. The molecule has 3 aromatic rings. The summed E-state index contributed by atoms with van der Waals surface area (Å²) in [7, 11) is -1.74. The third kappa shape index (κ3) is 6.89. The first kappa shape index (κ1) is 28.3. The molecule has 5 rings (SSSR count). The molecule has 1 radical (unpaired) electrons. The number of aromatic nitrogens is 2. The van der Waals surface area contributed by atoms with Gasteiger partial charge in [-0.3, -0.25) is 9.69 Å². The third-order valence-electron chi connectivity index (χ3n) is 7.82. The van der Waals surface area contributed by atoms with Crippen molar-refractivity contribution in [2.45, 2.75) is 31.3 Å². The lowest BCUT2D eigenvalue weighted by Crippen LogP contribution is -2.44. The molecule has 8 nitrogen and oxygen atoms in total. The van der Waals surface area contributed by atoms with Crippen molar-refractivity contribution in [3.63, 3.8) is 0 Å². The smallest absolute Gasteiger partial charge is 0.283 e. The van der Waals surface area contributed by atoms with Crippen molar-refractivity contribution in [3.8, 4) is 23.0 Å². The number of carbonyl (C=O) groups is 1. The summed E-state index contributed by atoms with van der Waals surface area (Å²) < 4.78 is 7.12. The number of benzene rings is 2. The molecule has 40 heavy (non-hydrogen) atoms. The number of aliphatic hydroxyl groups is 1. The van der Waals surface area contributed by atoms with Crippen LogP contribution in [0.1, 0.15) is 35.9 Å². The second-order valence-electron chi connectivity index (χ2n) is 10.5. The topological polar surface area (TPSA) is 99.9 Å². The average molecular weight is 558 g/mol. The van der Waals surface area contributed by atoms with Crippen molar-refractivity contribution >= 4 is 20.4 Å². The molecule has 1 aromatic heterocycles. The van der Waals surface area contributed by atoms with Crippen molar-refractivity contribution in [1.29, 1.82) is 0 Å². The summed E-state index contributed by atoms with van der Waals surface area (Å²) in [5.41, 5.74) is 4.97. The predicted molar refractivity (Wildman–Crippen MR) is 156 cm³/mol. The maximum atomic E-state index is 12.5. The molecule has 3 N–H and O–H groups in total. The fourth-order valence-corrected chi connectivity index (χ4v) is 6.18. The molecule has 2 aromatic carbocycles. The first-order chi connectivity index (χ1) is 19.5. The molecule has 2 fully saturated rings. The van der Waals surface area contributed by atoms with E-state index in [-0.39, 0.29) is 18.4 Å². The molecular weight excluding hydrogens is 520 g/mol. The van der Waals surface area contributed by atoms with Gasteiger partial charge in [0.2, 0.25) is 5.91 Å². The third-order valence-corrected chi connectivity index (χ3v) is 8.86. The molecule has 1 aliphatic carbocycles. The van der Waals surface area contributed by atoms with E-state index in [4.69, 9.17) is 4.74 Å². The highest BCUT2D eigenvalue weighted by atomic mass is 28.3. The van der Waals surface area contributed by atoms with Gasteiger partial charge >= 0.3 is 0 Å². The second kappa shape index (κ2) is 13.4. The number of aliphatic hydroxyl groups excluding tert-OH is 1. The average Bonchev–Trinajstić information content (AvgIpc) is 3.44. The van der Waals surface area contributed by atoms with Crippen LogP contribution in [0.4, 0.5) is 0 Å². The number of nitrogens with one attached hydrogen (secondary N) is 1. The molecule has 1 saturated carbocycles. The van der Waals surface area contributed by atoms with Crippen LogP contribution in [0.15, 0.2) is 60.9 Å². The van der Waals surface area contributed by atoms with Gasteiger partial charge in [0.1, 0.15) is 11.5 Å². The van der Waals surface area contributed by atoms with Gasteiger partial charge in [-0.15, -0.1) is 0 Å². The van der Waals surface area contributed by atoms with Crippen LogP contribution in [0, 0.1) is 17.8 Å². The lowest BCUT2D eigenvalue weighted by atomic mass is 9.71. The van der Waals surface area contributed by atoms with E-state index in [1.807, 2.05) is 12.1 Å². The number of carbonyl (C=O) groups excluding carboxylic acids is 1. The number of hydrogen-bond acceptors (Lipinski definition) is 6. The van der Waals surface area contributed by atoms with Crippen LogP contribution in [-0.4, -0.2) is 85.3 Å². The molecule has 1 amide bonds. The van der Waals surface area contributed by atoms with Crippen molar-refractivity contribution < 1.29 is 19.4 Å². The van der Waals surface area contributed by atoms with Gasteiger partial charge in [0.15, 0.2) is 0 Å². The molecule has 9 heteroatoms. The first-order valence-electron chi connectivity index (χ1n) is 14.0. The number of morpholine rings is 1. The quantitative estimate of drug-likeness (QED) is 0.275. The Morgan fingerprint density at radius 3 is 2.45 bits per heavy atom. The van der Waals surface area contributed by atoms with Gasteiger partial charge in [0.25, 0.3) is 9.04 Å². The SMILES string of the molecule is C[Si](O)c1nccn1[C@@H](C#Cc1ccc(-c2ccc(C3CC(C(=O)NCCN4CCOCC4)C3)cc2)cc1)CO. The van der Waals surface area contributed by atoms with Crippen molar-refractivity contribution in [2.75, 3.05) is 46.0 Å². The molecule has 0 bridgehead atoms. The van der Waals surface area contributed by atoms with Gasteiger partial charge in [0, 0.05) is 50.1 Å². The summed E-state index contributed by atoms with van der Waals surface area (Å²) in [5.74, 6) is 6.98. The Balaban J connectivity index is 1.11. The highest BCUT2D eigenvalue weighted by Crippen LogP contribution is 2.42. The zero-order chi connectivity index (χ0) is 27.9. The second-order valence-corrected chi connectivity index (χ2v) is 12.1. The van der Waals surface area contributed by atoms with Gasteiger partial charge in [-0.05, 0) is 54.1 Å². The summed E-state index contributed by atoms with van der Waals surface area (Å²) in [6.45, 7) is 6.64. The van der Waals surface area contributed by atoms with Crippen LogP contribution >= 0.6 is 0 Å². The molecule has 1 atom stereocenters. The summed E-state index contributed by atoms with van der Waals surface area (Å²) in [6.07, 6.45) is 5.18. The summed E-state index contributed by atoms with van der Waals surface area (Å²) in [6, 6.07) is 16.3. The largest absolute Gasteiger partial charge is 0.425 e. The standard InChI is InChI=1S/C31H37N4O4Si/c1-40(38)31-33-13-15-35(31)29(22-36)11-4-23-2-5-24(6-3-23)25-7-9-26(10-8-25)27-20-28(21-27)30(37)32-12-14-34-16-18-39-19-17-34/h2-3,5-10,13,15,27-29,36,38H,12,14,16-22H2,1H3,(H,32,37)/t27?,28?,29-/m0/s1. The highest BCUT2D eigenvalue weighted by molar-refractivity contribution is 6.63. The number of hydrogen-bond donors (Lipinski definition) is 3. The van der Waals surface area contributed by atoms with Gasteiger partial charge in [-0.25, -0.2) is 4.98 Å². The number of amides is 1. The molecule has 209 valence electrons. The van der Waals surface area contributed by atoms with E-state index in [1.54, 1.807) is 23.5 Å². The molecule has 1 aliphatic heterocycles. The highest BCUT2D eigenvalue weighted by Gasteiger charge is 2.35. The van der Waals surface area contributed by atoms with Gasteiger partial charge in [-0.2, -0.15) is 0 Å². The van der Waals surface area contributed by atoms with Crippen molar-refractivity contribution in [3.05, 3.63) is 72.1 Å². The Kier molecular flexibility index (Phi) is 9.47. The minimum Gasteiger partial charge on any atom is -0.425 e. The normalized spacial score (nSPS) is 19.9. The van der Waals surface area contributed by atoms with E-state index in [0.29, 0.717) is 17.9 Å². The zero-order valence-corrected chi connectivity index (χ0v) is 23.9. The Labute approximate surface area is 237 Å². The van der Waals surface area contributed by atoms with Crippen LogP contribution in [0.5, 0.6) is 0 Å². The minimum absolute atomic E-state index is 0.113. The number of rotatable bonds is 9. The van der Waals surface area contributed by atoms with Crippen LogP contribution in [-0.2, 0) is 9.53 Å². The summed E-state index contributed by atoms with van der Waals surface area (Å²) in [4.78, 5) is 29.1. The van der Waals surface area contributed by atoms with E-state index in [0.717, 1.165) is 62.4 Å². The lowest BCUT2D eigenvalue weighted by Gasteiger charge is -2.35. The summed E-state index contributed by atoms with van der Waals surface area (Å²) >= 11 is 0. The van der Waals surface area contributed by atoms with Gasteiger partial charge in [-0.1, -0.05) is 48.2 Å². The van der Waals surface area contributed by atoms with Crippen LogP contribution < -0.4 is 10.8 Å². The first-order valence-corrected chi connectivity index (χ1v) is 15.9. The van der Waals surface area contributed by atoms with E-state index >= 15 is 0 Å². The van der Waals surface area contributed by atoms with E-state index in [2.05, 4.69) is 63.4 Å². The van der Waals surface area contributed by atoms with Crippen molar-refractivity contribution in [1.82, 2.24) is 19.8 Å². The maximum absolute atomic E-state index is 12.5. The van der Waals surface area contributed by atoms with Crippen LogP contribution in [0.3, 0.4) is 0 Å². The lowest BCUT2D eigenvalue weighted by molar-refractivity contribution is -0.128. The van der Waals surface area contributed by atoms with E-state index < -0.39 is 15.1 Å². The fourth-order valence-electron chi connectivity index (χ4n) is 5.32. The fraction of sp³-hybridized carbons (Fsp3) is 0.419. The van der Waals surface area contributed by atoms with Gasteiger partial charge < -0.3 is 24.5 Å².